The maximum absolute atomic E-state index is 2.65. The fourth-order valence-corrected chi connectivity index (χ4v) is 6.83. The van der Waals surface area contributed by atoms with Gasteiger partial charge in [0, 0.05) is 0 Å². The van der Waals surface area contributed by atoms with Crippen molar-refractivity contribution in [3.8, 4) is 0 Å². The van der Waals surface area contributed by atoms with E-state index >= 15 is 0 Å². The number of rotatable bonds is 0. The second-order valence-electron chi connectivity index (χ2n) is 8.65. The van der Waals surface area contributed by atoms with Crippen LogP contribution in [-0.2, 0) is 0 Å². The summed E-state index contributed by atoms with van der Waals surface area (Å²) < 4.78 is 0. The van der Waals surface area contributed by atoms with Crippen molar-refractivity contribution in [1.29, 1.82) is 0 Å². The van der Waals surface area contributed by atoms with Crippen molar-refractivity contribution in [2.24, 2.45) is 34.5 Å². The highest BCUT2D eigenvalue weighted by atomic mass is 14.6. The van der Waals surface area contributed by atoms with Gasteiger partial charge in [-0.25, -0.2) is 0 Å². The first-order valence-corrected chi connectivity index (χ1v) is 8.78. The maximum Gasteiger partial charge on any atom is -0.0229 e. The SMILES string of the molecule is C[C@@]12CCC[C@H]1[C@@H]1CCC3CC=CC[C@]3(C)[C@@H]1CC2. The minimum Gasteiger partial charge on any atom is -0.0882 e. The first-order valence-electron chi connectivity index (χ1n) is 8.78. The van der Waals surface area contributed by atoms with Crippen LogP contribution >= 0.6 is 0 Å². The van der Waals surface area contributed by atoms with E-state index in [4.69, 9.17) is 0 Å². The van der Waals surface area contributed by atoms with Crippen LogP contribution in [0.2, 0.25) is 0 Å². The first-order chi connectivity index (χ1) is 9.13. The molecule has 6 atom stereocenters. The summed E-state index contributed by atoms with van der Waals surface area (Å²) in [6.07, 6.45) is 18.5. The third kappa shape index (κ3) is 1.64. The van der Waals surface area contributed by atoms with Crippen LogP contribution in [0.15, 0.2) is 12.2 Å². The number of fused-ring (bicyclic) bond motifs is 5. The van der Waals surface area contributed by atoms with Gasteiger partial charge in [-0.2, -0.15) is 0 Å². The molecule has 0 aromatic heterocycles. The van der Waals surface area contributed by atoms with Gasteiger partial charge in [0.25, 0.3) is 0 Å². The summed E-state index contributed by atoms with van der Waals surface area (Å²) in [4.78, 5) is 0. The molecule has 0 heterocycles. The first kappa shape index (κ1) is 12.5. The Morgan fingerprint density at radius 3 is 2.68 bits per heavy atom. The fraction of sp³-hybridized carbons (Fsp3) is 0.895. The van der Waals surface area contributed by atoms with Crippen LogP contribution in [-0.4, -0.2) is 0 Å². The van der Waals surface area contributed by atoms with Crippen LogP contribution in [0.5, 0.6) is 0 Å². The summed E-state index contributed by atoms with van der Waals surface area (Å²) in [6.45, 7) is 5.27. The maximum atomic E-state index is 2.65. The predicted molar refractivity (Wildman–Crippen MR) is 80.9 cm³/mol. The third-order valence-corrected chi connectivity index (χ3v) is 7.99. The van der Waals surface area contributed by atoms with Crippen LogP contribution in [0.4, 0.5) is 0 Å². The van der Waals surface area contributed by atoms with Crippen LogP contribution < -0.4 is 0 Å². The Bertz CT molecular complexity index is 395. The largest absolute Gasteiger partial charge is 0.0882 e. The molecule has 0 aromatic carbocycles. The molecule has 0 bridgehead atoms. The van der Waals surface area contributed by atoms with Gasteiger partial charge >= 0.3 is 0 Å². The topological polar surface area (TPSA) is 0 Å². The van der Waals surface area contributed by atoms with Gasteiger partial charge in [0.05, 0.1) is 0 Å². The number of allylic oxidation sites excluding steroid dienone is 2. The van der Waals surface area contributed by atoms with Crippen molar-refractivity contribution in [3.05, 3.63) is 12.2 Å². The molecule has 4 rings (SSSR count). The lowest BCUT2D eigenvalue weighted by atomic mass is 9.46. The van der Waals surface area contributed by atoms with Crippen molar-refractivity contribution >= 4 is 0 Å². The van der Waals surface area contributed by atoms with E-state index < -0.39 is 0 Å². The molecule has 4 aliphatic rings. The van der Waals surface area contributed by atoms with E-state index in [2.05, 4.69) is 26.0 Å². The van der Waals surface area contributed by atoms with Gasteiger partial charge in [-0.15, -0.1) is 0 Å². The predicted octanol–water partition coefficient (Wildman–Crippen LogP) is 5.59. The van der Waals surface area contributed by atoms with Gasteiger partial charge < -0.3 is 0 Å². The fourth-order valence-electron chi connectivity index (χ4n) is 6.83. The van der Waals surface area contributed by atoms with Gasteiger partial charge in [-0.1, -0.05) is 32.4 Å². The van der Waals surface area contributed by atoms with E-state index in [0.717, 1.165) is 29.1 Å². The molecule has 0 aromatic rings. The molecule has 0 radical (unpaired) electrons. The Kier molecular flexibility index (Phi) is 2.71. The van der Waals surface area contributed by atoms with E-state index in [1.165, 1.54) is 38.5 Å². The van der Waals surface area contributed by atoms with E-state index in [9.17, 15) is 0 Å². The molecule has 0 heteroatoms. The zero-order chi connectivity index (χ0) is 13.1. The molecule has 0 N–H and O–H groups in total. The quantitative estimate of drug-likeness (QED) is 0.497. The van der Waals surface area contributed by atoms with Gasteiger partial charge in [-0.05, 0) is 85.9 Å². The van der Waals surface area contributed by atoms with Crippen molar-refractivity contribution in [2.75, 3.05) is 0 Å². The van der Waals surface area contributed by atoms with Gasteiger partial charge in [-0.3, -0.25) is 0 Å². The Morgan fingerprint density at radius 1 is 0.895 bits per heavy atom. The van der Waals surface area contributed by atoms with Crippen molar-refractivity contribution < 1.29 is 0 Å². The summed E-state index contributed by atoms with van der Waals surface area (Å²) in [5.41, 5.74) is 1.39. The van der Waals surface area contributed by atoms with Crippen molar-refractivity contribution in [1.82, 2.24) is 0 Å². The van der Waals surface area contributed by atoms with Crippen LogP contribution in [0.25, 0.3) is 0 Å². The average molecular weight is 258 g/mol. The lowest BCUT2D eigenvalue weighted by Crippen LogP contribution is -2.51. The Balaban J connectivity index is 1.67. The van der Waals surface area contributed by atoms with Gasteiger partial charge in [0.2, 0.25) is 0 Å². The third-order valence-electron chi connectivity index (χ3n) is 7.99. The monoisotopic (exact) mass is 258 g/mol. The summed E-state index contributed by atoms with van der Waals surface area (Å²) >= 11 is 0. The second-order valence-corrected chi connectivity index (χ2v) is 8.65. The van der Waals surface area contributed by atoms with Crippen LogP contribution in [0.1, 0.15) is 71.6 Å². The molecule has 1 unspecified atom stereocenters. The molecule has 106 valence electrons. The molecule has 0 nitrogen and oxygen atoms in total. The lowest BCUT2D eigenvalue weighted by molar-refractivity contribution is -0.0870. The zero-order valence-corrected chi connectivity index (χ0v) is 12.8. The minimum absolute atomic E-state index is 0.654. The molecule has 3 saturated carbocycles. The summed E-state index contributed by atoms with van der Waals surface area (Å²) in [5.74, 6) is 4.21. The standard InChI is InChI=1S/C19H30/c1-18-11-5-7-16(18)15-9-8-14-6-3-4-12-19(14,2)17(15)10-13-18/h3-4,14-17H,5-13H2,1-2H3/t14?,15-,16-,17+,18-,19-/m0/s1. The van der Waals surface area contributed by atoms with Crippen LogP contribution in [0.3, 0.4) is 0 Å². The summed E-state index contributed by atoms with van der Waals surface area (Å²) in [7, 11) is 0. The highest BCUT2D eigenvalue weighted by molar-refractivity contribution is 5.10. The summed E-state index contributed by atoms with van der Waals surface area (Å²) in [5, 5.41) is 0. The minimum atomic E-state index is 0.654. The van der Waals surface area contributed by atoms with Crippen molar-refractivity contribution in [2.45, 2.75) is 71.6 Å². The molecule has 3 fully saturated rings. The molecule has 0 aliphatic heterocycles. The molecular weight excluding hydrogens is 228 g/mol. The number of hydrogen-bond donors (Lipinski definition) is 0. The van der Waals surface area contributed by atoms with E-state index in [-0.39, 0.29) is 0 Å². The Morgan fingerprint density at radius 2 is 1.79 bits per heavy atom. The Labute approximate surface area is 119 Å². The highest BCUT2D eigenvalue weighted by Crippen LogP contribution is 2.65. The molecule has 19 heavy (non-hydrogen) atoms. The van der Waals surface area contributed by atoms with Crippen LogP contribution in [0, 0.1) is 34.5 Å². The molecule has 0 spiro atoms. The normalized spacial score (nSPS) is 56.3. The average Bonchev–Trinajstić information content (AvgIpc) is 2.79. The van der Waals surface area contributed by atoms with Crippen molar-refractivity contribution in [3.63, 3.8) is 0 Å². The van der Waals surface area contributed by atoms with Gasteiger partial charge in [0.1, 0.15) is 0 Å². The molecule has 0 amide bonds. The van der Waals surface area contributed by atoms with Gasteiger partial charge in [0.15, 0.2) is 0 Å². The highest BCUT2D eigenvalue weighted by Gasteiger charge is 2.56. The second kappa shape index (κ2) is 4.12. The Hall–Kier alpha value is -0.260. The van der Waals surface area contributed by atoms with E-state index in [0.29, 0.717) is 5.41 Å². The molecule has 0 saturated heterocycles. The molecular formula is C19H30. The smallest absolute Gasteiger partial charge is 0.0229 e. The van der Waals surface area contributed by atoms with E-state index in [1.807, 2.05) is 0 Å². The van der Waals surface area contributed by atoms with E-state index in [1.54, 1.807) is 19.3 Å². The molecule has 4 aliphatic carbocycles. The number of hydrogen-bond acceptors (Lipinski definition) is 0. The summed E-state index contributed by atoms with van der Waals surface area (Å²) in [6, 6.07) is 0. The zero-order valence-electron chi connectivity index (χ0n) is 12.8. The lowest BCUT2D eigenvalue weighted by Gasteiger charge is -2.59.